The Morgan fingerprint density at radius 1 is 1.12 bits per heavy atom. The van der Waals surface area contributed by atoms with E-state index in [-0.39, 0.29) is 46.5 Å². The smallest absolute Gasteiger partial charge is 0.342 e. The predicted molar refractivity (Wildman–Crippen MR) is 87.3 cm³/mol. The summed E-state index contributed by atoms with van der Waals surface area (Å²) in [6.07, 6.45) is 3.46. The molecule has 1 saturated carbocycles. The highest BCUT2D eigenvalue weighted by atomic mass is 16.5. The van der Waals surface area contributed by atoms with E-state index in [9.17, 15) is 19.5 Å². The van der Waals surface area contributed by atoms with E-state index in [1.54, 1.807) is 6.08 Å². The van der Waals surface area contributed by atoms with Crippen LogP contribution in [0, 0.1) is 17.3 Å². The molecule has 0 amide bonds. The number of aliphatic hydroxyl groups is 1. The number of rotatable bonds is 3. The van der Waals surface area contributed by atoms with Gasteiger partial charge in [-0.3, -0.25) is 4.79 Å². The number of esters is 3. The summed E-state index contributed by atoms with van der Waals surface area (Å²) in [6.45, 7) is 1.97. The van der Waals surface area contributed by atoms with E-state index in [1.807, 2.05) is 6.92 Å². The van der Waals surface area contributed by atoms with Gasteiger partial charge in [-0.15, -0.1) is 0 Å². The van der Waals surface area contributed by atoms with Crippen molar-refractivity contribution in [1.82, 2.24) is 0 Å². The zero-order valence-corrected chi connectivity index (χ0v) is 15.0. The minimum atomic E-state index is -0.793. The molecule has 1 N–H and O–H groups in total. The Balaban J connectivity index is 2.52. The zero-order chi connectivity index (χ0) is 18.8. The van der Waals surface area contributed by atoms with E-state index >= 15 is 0 Å². The summed E-state index contributed by atoms with van der Waals surface area (Å²) in [5.41, 5.74) is -0.597. The van der Waals surface area contributed by atoms with Crippen molar-refractivity contribution in [2.75, 3.05) is 21.3 Å². The lowest BCUT2D eigenvalue weighted by atomic mass is 9.70. The van der Waals surface area contributed by atoms with E-state index in [4.69, 9.17) is 14.2 Å². The lowest BCUT2D eigenvalue weighted by molar-refractivity contribution is -0.147. The first kappa shape index (κ1) is 19.0. The van der Waals surface area contributed by atoms with Crippen LogP contribution in [0.1, 0.15) is 32.6 Å². The molecule has 0 unspecified atom stereocenters. The van der Waals surface area contributed by atoms with Crippen molar-refractivity contribution in [3.05, 3.63) is 23.0 Å². The molecule has 2 aliphatic carbocycles. The number of ether oxygens (including phenoxy) is 3. The Hall–Kier alpha value is -2.31. The SMILES string of the molecule is COC(=O)C1=CC[C@@H]2[C@H](C(=O)OC)CC[C@@]2(C)CC(O)=C1C(=O)OC. The van der Waals surface area contributed by atoms with Gasteiger partial charge < -0.3 is 19.3 Å². The molecule has 0 aromatic carbocycles. The van der Waals surface area contributed by atoms with Gasteiger partial charge in [0, 0.05) is 6.42 Å². The number of carbonyl (C=O) groups excluding carboxylic acids is 3. The Kier molecular flexibility index (Phi) is 5.55. The molecule has 2 aliphatic rings. The van der Waals surface area contributed by atoms with Gasteiger partial charge in [-0.1, -0.05) is 13.0 Å². The first-order chi connectivity index (χ1) is 11.8. The molecule has 7 nitrogen and oxygen atoms in total. The van der Waals surface area contributed by atoms with Gasteiger partial charge in [-0.25, -0.2) is 9.59 Å². The summed E-state index contributed by atoms with van der Waals surface area (Å²) in [5, 5.41) is 10.6. The Labute approximate surface area is 146 Å². The van der Waals surface area contributed by atoms with E-state index in [0.717, 1.165) is 0 Å². The highest BCUT2D eigenvalue weighted by molar-refractivity contribution is 6.07. The largest absolute Gasteiger partial charge is 0.511 e. The Bertz CT molecular complexity index is 646. The van der Waals surface area contributed by atoms with Crippen LogP contribution in [0.2, 0.25) is 0 Å². The molecule has 0 aromatic heterocycles. The minimum absolute atomic E-state index is 0.0376. The number of carbonyl (C=O) groups is 3. The number of fused-ring (bicyclic) bond motifs is 1. The molecule has 2 rings (SSSR count). The summed E-state index contributed by atoms with van der Waals surface area (Å²) in [6, 6.07) is 0. The minimum Gasteiger partial charge on any atom is -0.511 e. The third kappa shape index (κ3) is 3.41. The van der Waals surface area contributed by atoms with Crippen LogP contribution in [0.25, 0.3) is 0 Å². The van der Waals surface area contributed by atoms with Crippen molar-refractivity contribution >= 4 is 17.9 Å². The number of methoxy groups -OCH3 is 3. The first-order valence-corrected chi connectivity index (χ1v) is 8.16. The highest BCUT2D eigenvalue weighted by Gasteiger charge is 2.49. The second-order valence-corrected chi connectivity index (χ2v) is 6.76. The van der Waals surface area contributed by atoms with Gasteiger partial charge in [0.1, 0.15) is 11.3 Å². The molecule has 138 valence electrons. The van der Waals surface area contributed by atoms with Crippen LogP contribution in [0.5, 0.6) is 0 Å². The van der Waals surface area contributed by atoms with Crippen molar-refractivity contribution in [3.8, 4) is 0 Å². The van der Waals surface area contributed by atoms with Crippen LogP contribution in [0.3, 0.4) is 0 Å². The molecule has 0 radical (unpaired) electrons. The molecule has 0 spiro atoms. The third-order valence-electron chi connectivity index (χ3n) is 5.41. The molecule has 1 fully saturated rings. The summed E-state index contributed by atoms with van der Waals surface area (Å²) >= 11 is 0. The fourth-order valence-electron chi connectivity index (χ4n) is 4.06. The summed E-state index contributed by atoms with van der Waals surface area (Å²) in [5.74, 6) is -2.46. The normalized spacial score (nSPS) is 29.0. The van der Waals surface area contributed by atoms with Crippen LogP contribution in [0.4, 0.5) is 0 Å². The number of allylic oxidation sites excluding steroid dienone is 2. The number of hydrogen-bond acceptors (Lipinski definition) is 7. The van der Waals surface area contributed by atoms with Crippen molar-refractivity contribution < 1.29 is 33.7 Å². The topological polar surface area (TPSA) is 99.1 Å². The standard InChI is InChI=1S/C18H24O7/c1-18-8-7-10(15(20)23-2)12(18)6-5-11(16(21)24-3)14(13(19)9-18)17(22)25-4/h5,10,12,19H,6-9H2,1-4H3/t10-,12-,18+/m1/s1. The van der Waals surface area contributed by atoms with E-state index in [0.29, 0.717) is 19.3 Å². The molecule has 0 aliphatic heterocycles. The molecule has 7 heteroatoms. The van der Waals surface area contributed by atoms with Crippen LogP contribution in [0.15, 0.2) is 23.0 Å². The first-order valence-electron chi connectivity index (χ1n) is 8.16. The molecule has 0 bridgehead atoms. The maximum atomic E-state index is 12.1. The van der Waals surface area contributed by atoms with Gasteiger partial charge in [-0.2, -0.15) is 0 Å². The lowest BCUT2D eigenvalue weighted by Crippen LogP contribution is -2.32. The Morgan fingerprint density at radius 3 is 2.32 bits per heavy atom. The van der Waals surface area contributed by atoms with Crippen LogP contribution in [-0.4, -0.2) is 44.3 Å². The fourth-order valence-corrected chi connectivity index (χ4v) is 4.06. The molecular formula is C18H24O7. The van der Waals surface area contributed by atoms with Gasteiger partial charge in [0.25, 0.3) is 0 Å². The van der Waals surface area contributed by atoms with Crippen LogP contribution >= 0.6 is 0 Å². The third-order valence-corrected chi connectivity index (χ3v) is 5.41. The summed E-state index contributed by atoms with van der Waals surface area (Å²) < 4.78 is 14.4. The van der Waals surface area contributed by atoms with Crippen molar-refractivity contribution in [2.24, 2.45) is 17.3 Å². The molecule has 0 saturated heterocycles. The molecular weight excluding hydrogens is 328 g/mol. The van der Waals surface area contributed by atoms with Gasteiger partial charge in [0.05, 0.1) is 32.8 Å². The second kappa shape index (κ2) is 7.29. The molecule has 0 aromatic rings. The maximum absolute atomic E-state index is 12.1. The zero-order valence-electron chi connectivity index (χ0n) is 15.0. The summed E-state index contributed by atoms with van der Waals surface area (Å²) in [7, 11) is 3.73. The number of hydrogen-bond donors (Lipinski definition) is 1. The van der Waals surface area contributed by atoms with Crippen molar-refractivity contribution in [1.29, 1.82) is 0 Å². The summed E-state index contributed by atoms with van der Waals surface area (Å²) in [4.78, 5) is 36.3. The van der Waals surface area contributed by atoms with Crippen LogP contribution < -0.4 is 0 Å². The van der Waals surface area contributed by atoms with Crippen molar-refractivity contribution in [3.63, 3.8) is 0 Å². The highest BCUT2D eigenvalue weighted by Crippen LogP contribution is 2.53. The van der Waals surface area contributed by atoms with Gasteiger partial charge in [-0.05, 0) is 30.6 Å². The van der Waals surface area contributed by atoms with Gasteiger partial charge >= 0.3 is 17.9 Å². The van der Waals surface area contributed by atoms with Crippen LogP contribution in [-0.2, 0) is 28.6 Å². The van der Waals surface area contributed by atoms with Gasteiger partial charge in [0.15, 0.2) is 0 Å². The quantitative estimate of drug-likeness (QED) is 0.613. The lowest BCUT2D eigenvalue weighted by Gasteiger charge is -2.34. The van der Waals surface area contributed by atoms with Gasteiger partial charge in [0.2, 0.25) is 0 Å². The van der Waals surface area contributed by atoms with Crippen molar-refractivity contribution in [2.45, 2.75) is 32.6 Å². The van der Waals surface area contributed by atoms with E-state index < -0.39 is 11.9 Å². The second-order valence-electron chi connectivity index (χ2n) is 6.76. The fraction of sp³-hybridized carbons (Fsp3) is 0.611. The monoisotopic (exact) mass is 352 g/mol. The molecule has 3 atom stereocenters. The average molecular weight is 352 g/mol. The average Bonchev–Trinajstić information content (AvgIpc) is 2.90. The Morgan fingerprint density at radius 2 is 1.76 bits per heavy atom. The molecule has 0 heterocycles. The predicted octanol–water partition coefficient (Wildman–Crippen LogP) is 2.07. The number of aliphatic hydroxyl groups excluding tert-OH is 1. The maximum Gasteiger partial charge on any atom is 0.342 e. The van der Waals surface area contributed by atoms with E-state index in [1.165, 1.54) is 21.3 Å². The van der Waals surface area contributed by atoms with E-state index in [2.05, 4.69) is 0 Å². The molecule has 25 heavy (non-hydrogen) atoms.